The Balaban J connectivity index is 2.96. The Bertz CT molecular complexity index is 273. The zero-order valence-electron chi connectivity index (χ0n) is 6.97. The Morgan fingerprint density at radius 3 is 2.42 bits per heavy atom. The minimum Gasteiger partial charge on any atom is -0.204 e. The van der Waals surface area contributed by atoms with E-state index in [-0.39, 0.29) is 5.25 Å². The molecule has 3 heteroatoms. The van der Waals surface area contributed by atoms with E-state index in [0.717, 1.165) is 11.6 Å². The highest BCUT2D eigenvalue weighted by atomic mass is 32.2. The van der Waals surface area contributed by atoms with Crippen molar-refractivity contribution in [3.05, 3.63) is 35.4 Å². The van der Waals surface area contributed by atoms with Gasteiger partial charge in [0.05, 0.1) is 0 Å². The first-order valence-corrected chi connectivity index (χ1v) is 4.91. The molecule has 1 aromatic rings. The first kappa shape index (κ1) is 9.52. The molecule has 0 aromatic heterocycles. The molecule has 1 aromatic carbocycles. The van der Waals surface area contributed by atoms with Crippen LogP contribution in [0.2, 0.25) is 0 Å². The van der Waals surface area contributed by atoms with Gasteiger partial charge in [-0.15, -0.1) is 0 Å². The Kier molecular flexibility index (Phi) is 3.09. The lowest BCUT2D eigenvalue weighted by molar-refractivity contribution is 0.507. The van der Waals surface area contributed by atoms with Gasteiger partial charge in [-0.05, 0) is 30.9 Å². The maximum absolute atomic E-state index is 12.7. The fraction of sp³-hybridized carbons (Fsp3) is 0.333. The zero-order chi connectivity index (χ0) is 9.14. The number of thioether (sulfide) groups is 1. The topological polar surface area (TPSA) is 0 Å². The SMILES string of the molecule is CSC(C)c1ccc(F)c(F)c1. The van der Waals surface area contributed by atoms with Crippen LogP contribution >= 0.6 is 11.8 Å². The summed E-state index contributed by atoms with van der Waals surface area (Å²) in [5.41, 5.74) is 0.821. The Labute approximate surface area is 75.0 Å². The molecule has 1 rings (SSSR count). The number of hydrogen-bond acceptors (Lipinski definition) is 1. The summed E-state index contributed by atoms with van der Waals surface area (Å²) in [5.74, 6) is -1.56. The average Bonchev–Trinajstić information content (AvgIpc) is 2.08. The van der Waals surface area contributed by atoms with E-state index in [2.05, 4.69) is 0 Å². The van der Waals surface area contributed by atoms with E-state index in [9.17, 15) is 8.78 Å². The van der Waals surface area contributed by atoms with Crippen LogP contribution < -0.4 is 0 Å². The molecule has 0 aliphatic heterocycles. The molecule has 0 heterocycles. The molecular formula is C9H10F2S. The molecule has 0 spiro atoms. The first-order valence-electron chi connectivity index (χ1n) is 3.63. The maximum Gasteiger partial charge on any atom is 0.159 e. The van der Waals surface area contributed by atoms with Crippen LogP contribution in [0.5, 0.6) is 0 Å². The predicted molar refractivity (Wildman–Crippen MR) is 48.3 cm³/mol. The minimum atomic E-state index is -0.785. The lowest BCUT2D eigenvalue weighted by atomic mass is 10.1. The Morgan fingerprint density at radius 1 is 1.25 bits per heavy atom. The van der Waals surface area contributed by atoms with Gasteiger partial charge in [-0.2, -0.15) is 11.8 Å². The second-order valence-corrected chi connectivity index (χ2v) is 3.73. The summed E-state index contributed by atoms with van der Waals surface area (Å²) in [6.45, 7) is 1.96. The van der Waals surface area contributed by atoms with Gasteiger partial charge in [0.1, 0.15) is 0 Å². The molecule has 66 valence electrons. The van der Waals surface area contributed by atoms with Gasteiger partial charge in [-0.3, -0.25) is 0 Å². The van der Waals surface area contributed by atoms with Crippen molar-refractivity contribution in [2.45, 2.75) is 12.2 Å². The number of hydrogen-bond donors (Lipinski definition) is 0. The molecule has 0 radical (unpaired) electrons. The summed E-state index contributed by atoms with van der Waals surface area (Å²) in [6.07, 6.45) is 1.94. The van der Waals surface area contributed by atoms with Crippen molar-refractivity contribution in [1.29, 1.82) is 0 Å². The van der Waals surface area contributed by atoms with Crippen molar-refractivity contribution in [3.63, 3.8) is 0 Å². The van der Waals surface area contributed by atoms with Gasteiger partial charge in [0.25, 0.3) is 0 Å². The van der Waals surface area contributed by atoms with Gasteiger partial charge in [0, 0.05) is 5.25 Å². The summed E-state index contributed by atoms with van der Waals surface area (Å²) in [4.78, 5) is 0. The van der Waals surface area contributed by atoms with E-state index in [4.69, 9.17) is 0 Å². The van der Waals surface area contributed by atoms with E-state index < -0.39 is 11.6 Å². The summed E-state index contributed by atoms with van der Waals surface area (Å²) < 4.78 is 25.2. The normalized spacial score (nSPS) is 13.0. The number of halogens is 2. The van der Waals surface area contributed by atoms with Crippen LogP contribution in [0, 0.1) is 11.6 Å². The van der Waals surface area contributed by atoms with Crippen LogP contribution in [0.3, 0.4) is 0 Å². The Hall–Kier alpha value is -0.570. The standard InChI is InChI=1S/C9H10F2S/c1-6(12-2)7-3-4-8(10)9(11)5-7/h3-6H,1-2H3. The summed E-state index contributed by atoms with van der Waals surface area (Å²) >= 11 is 1.60. The van der Waals surface area contributed by atoms with Crippen LogP contribution in [0.15, 0.2) is 18.2 Å². The lowest BCUT2D eigenvalue weighted by Gasteiger charge is -2.07. The summed E-state index contributed by atoms with van der Waals surface area (Å²) in [6, 6.07) is 4.02. The molecule has 0 fully saturated rings. The summed E-state index contributed by atoms with van der Waals surface area (Å²) in [7, 11) is 0. The first-order chi connectivity index (χ1) is 5.65. The van der Waals surface area contributed by atoms with Gasteiger partial charge in [-0.25, -0.2) is 8.78 Å². The number of rotatable bonds is 2. The minimum absolute atomic E-state index is 0.208. The number of benzene rings is 1. The van der Waals surface area contributed by atoms with Crippen LogP contribution in [0.1, 0.15) is 17.7 Å². The predicted octanol–water partition coefficient (Wildman–Crippen LogP) is 3.39. The van der Waals surface area contributed by atoms with Crippen molar-refractivity contribution in [2.75, 3.05) is 6.26 Å². The molecular weight excluding hydrogens is 178 g/mol. The lowest BCUT2D eigenvalue weighted by Crippen LogP contribution is -1.91. The molecule has 12 heavy (non-hydrogen) atoms. The molecule has 1 unspecified atom stereocenters. The molecule has 0 amide bonds. The van der Waals surface area contributed by atoms with Crippen LogP contribution in [-0.2, 0) is 0 Å². The van der Waals surface area contributed by atoms with Crippen molar-refractivity contribution in [2.24, 2.45) is 0 Å². The van der Waals surface area contributed by atoms with Gasteiger partial charge in [-0.1, -0.05) is 6.07 Å². The van der Waals surface area contributed by atoms with Gasteiger partial charge in [0.2, 0.25) is 0 Å². The zero-order valence-corrected chi connectivity index (χ0v) is 7.79. The smallest absolute Gasteiger partial charge is 0.159 e. The van der Waals surface area contributed by atoms with Crippen LogP contribution in [0.4, 0.5) is 8.78 Å². The molecule has 0 aliphatic carbocycles. The van der Waals surface area contributed by atoms with Crippen LogP contribution in [-0.4, -0.2) is 6.26 Å². The molecule has 0 aliphatic rings. The average molecular weight is 188 g/mol. The summed E-state index contributed by atoms with van der Waals surface area (Å²) in [5, 5.41) is 0.208. The molecule has 1 atom stereocenters. The fourth-order valence-electron chi connectivity index (χ4n) is 0.901. The third-order valence-electron chi connectivity index (χ3n) is 1.77. The maximum atomic E-state index is 12.7. The van der Waals surface area contributed by atoms with Gasteiger partial charge >= 0.3 is 0 Å². The second kappa shape index (κ2) is 3.90. The van der Waals surface area contributed by atoms with Gasteiger partial charge in [0.15, 0.2) is 11.6 Å². The fourth-order valence-corrected chi connectivity index (χ4v) is 1.32. The highest BCUT2D eigenvalue weighted by Gasteiger charge is 2.07. The van der Waals surface area contributed by atoms with Crippen molar-refractivity contribution < 1.29 is 8.78 Å². The third kappa shape index (κ3) is 1.97. The molecule has 0 saturated heterocycles. The van der Waals surface area contributed by atoms with Crippen LogP contribution in [0.25, 0.3) is 0 Å². The van der Waals surface area contributed by atoms with E-state index >= 15 is 0 Å². The monoisotopic (exact) mass is 188 g/mol. The van der Waals surface area contributed by atoms with Crippen molar-refractivity contribution in [1.82, 2.24) is 0 Å². The van der Waals surface area contributed by atoms with E-state index in [1.807, 2.05) is 13.2 Å². The molecule has 0 bridgehead atoms. The highest BCUT2D eigenvalue weighted by molar-refractivity contribution is 7.98. The quantitative estimate of drug-likeness (QED) is 0.685. The Morgan fingerprint density at radius 2 is 1.92 bits per heavy atom. The highest BCUT2D eigenvalue weighted by Crippen LogP contribution is 2.26. The van der Waals surface area contributed by atoms with Gasteiger partial charge < -0.3 is 0 Å². The van der Waals surface area contributed by atoms with Crippen molar-refractivity contribution in [3.8, 4) is 0 Å². The van der Waals surface area contributed by atoms with Crippen molar-refractivity contribution >= 4 is 11.8 Å². The molecule has 0 saturated carbocycles. The van der Waals surface area contributed by atoms with E-state index in [0.29, 0.717) is 0 Å². The van der Waals surface area contributed by atoms with E-state index in [1.165, 1.54) is 6.07 Å². The largest absolute Gasteiger partial charge is 0.204 e. The molecule has 0 N–H and O–H groups in total. The molecule has 0 nitrogen and oxygen atoms in total. The van der Waals surface area contributed by atoms with E-state index in [1.54, 1.807) is 17.8 Å². The second-order valence-electron chi connectivity index (χ2n) is 2.55. The third-order valence-corrected chi connectivity index (χ3v) is 2.75.